The van der Waals surface area contributed by atoms with Crippen molar-refractivity contribution in [3.63, 3.8) is 0 Å². The number of guanidine groups is 1. The molecule has 0 amide bonds. The molecule has 23 heavy (non-hydrogen) atoms. The van der Waals surface area contributed by atoms with E-state index in [-0.39, 0.29) is 24.0 Å². The molecular weight excluding hydrogens is 401 g/mol. The molecule has 2 N–H and O–H groups in total. The second-order valence-corrected chi connectivity index (χ2v) is 6.25. The molecule has 0 heterocycles. The molecule has 1 fully saturated rings. The Hall–Kier alpha value is -0.980. The normalized spacial score (nSPS) is 15.9. The van der Waals surface area contributed by atoms with Crippen molar-refractivity contribution in [2.45, 2.75) is 64.6 Å². The van der Waals surface area contributed by atoms with Crippen molar-refractivity contribution in [2.75, 3.05) is 7.05 Å². The lowest BCUT2D eigenvalue weighted by Gasteiger charge is -2.23. The highest BCUT2D eigenvalue weighted by atomic mass is 127. The van der Waals surface area contributed by atoms with E-state index in [1.54, 1.807) is 7.05 Å². The highest BCUT2D eigenvalue weighted by molar-refractivity contribution is 14.0. The molecule has 1 saturated carbocycles. The molecule has 5 heteroatoms. The van der Waals surface area contributed by atoms with Gasteiger partial charge in [0.25, 0.3) is 0 Å². The Morgan fingerprint density at radius 1 is 1.17 bits per heavy atom. The summed E-state index contributed by atoms with van der Waals surface area (Å²) in [6.45, 7) is 4.96. The zero-order valence-electron chi connectivity index (χ0n) is 14.5. The Labute approximate surface area is 157 Å². The largest absolute Gasteiger partial charge is 0.490 e. The Morgan fingerprint density at radius 2 is 1.83 bits per heavy atom. The first-order valence-electron chi connectivity index (χ1n) is 8.40. The van der Waals surface area contributed by atoms with E-state index in [1.807, 2.05) is 0 Å². The zero-order chi connectivity index (χ0) is 15.8. The molecule has 0 aliphatic heterocycles. The Balaban J connectivity index is 0.00000264. The summed E-state index contributed by atoms with van der Waals surface area (Å²) in [7, 11) is 1.79. The van der Waals surface area contributed by atoms with Gasteiger partial charge in [-0.15, -0.1) is 24.0 Å². The van der Waals surface area contributed by atoms with Gasteiger partial charge in [-0.3, -0.25) is 4.99 Å². The third-order valence-electron chi connectivity index (χ3n) is 3.89. The summed E-state index contributed by atoms with van der Waals surface area (Å²) in [6, 6.07) is 8.76. The van der Waals surface area contributed by atoms with E-state index in [4.69, 9.17) is 4.74 Å². The van der Waals surface area contributed by atoms with Crippen LogP contribution < -0.4 is 15.4 Å². The minimum atomic E-state index is 0. The fourth-order valence-electron chi connectivity index (χ4n) is 2.72. The average Bonchev–Trinajstić information content (AvgIpc) is 2.53. The van der Waals surface area contributed by atoms with Crippen LogP contribution >= 0.6 is 24.0 Å². The molecule has 0 aromatic heterocycles. The average molecular weight is 431 g/mol. The maximum absolute atomic E-state index is 6.05. The third kappa shape index (κ3) is 7.42. The zero-order valence-corrected chi connectivity index (χ0v) is 16.8. The molecule has 1 aromatic carbocycles. The van der Waals surface area contributed by atoms with Gasteiger partial charge in [-0.1, -0.05) is 18.6 Å². The number of hydrogen-bond acceptors (Lipinski definition) is 2. The molecule has 0 atom stereocenters. The van der Waals surface area contributed by atoms with Crippen LogP contribution in [0.15, 0.2) is 29.3 Å². The SMILES string of the molecule is CN=C(NCc1ccc(OC2CCCCC2)cc1)NC(C)C.I. The lowest BCUT2D eigenvalue weighted by Crippen LogP contribution is -2.40. The predicted octanol–water partition coefficient (Wildman–Crippen LogP) is 4.09. The summed E-state index contributed by atoms with van der Waals surface area (Å²) in [6.07, 6.45) is 6.76. The van der Waals surface area contributed by atoms with Crippen molar-refractivity contribution >= 4 is 29.9 Å². The van der Waals surface area contributed by atoms with E-state index in [0.717, 1.165) is 18.3 Å². The highest BCUT2D eigenvalue weighted by Gasteiger charge is 2.14. The second kappa shape index (κ2) is 10.7. The summed E-state index contributed by atoms with van der Waals surface area (Å²) >= 11 is 0. The number of nitrogens with one attached hydrogen (secondary N) is 2. The van der Waals surface area contributed by atoms with Gasteiger partial charge in [0.15, 0.2) is 5.96 Å². The first kappa shape index (κ1) is 20.1. The lowest BCUT2D eigenvalue weighted by atomic mass is 9.98. The minimum Gasteiger partial charge on any atom is -0.490 e. The van der Waals surface area contributed by atoms with Gasteiger partial charge in [0, 0.05) is 19.6 Å². The quantitative estimate of drug-likeness (QED) is 0.420. The van der Waals surface area contributed by atoms with Gasteiger partial charge in [0.05, 0.1) is 6.10 Å². The van der Waals surface area contributed by atoms with E-state index in [9.17, 15) is 0 Å². The molecule has 130 valence electrons. The molecule has 1 aromatic rings. The predicted molar refractivity (Wildman–Crippen MR) is 108 cm³/mol. The second-order valence-electron chi connectivity index (χ2n) is 6.25. The number of benzene rings is 1. The first-order valence-corrected chi connectivity index (χ1v) is 8.40. The Morgan fingerprint density at radius 3 is 2.39 bits per heavy atom. The number of ether oxygens (including phenoxy) is 1. The van der Waals surface area contributed by atoms with Crippen molar-refractivity contribution in [2.24, 2.45) is 4.99 Å². The monoisotopic (exact) mass is 431 g/mol. The summed E-state index contributed by atoms with van der Waals surface area (Å²) < 4.78 is 6.05. The molecule has 0 bridgehead atoms. The Bertz CT molecular complexity index is 468. The molecule has 0 radical (unpaired) electrons. The lowest BCUT2D eigenvalue weighted by molar-refractivity contribution is 0.155. The van der Waals surface area contributed by atoms with Crippen LogP contribution in [-0.4, -0.2) is 25.2 Å². The molecule has 1 aliphatic carbocycles. The van der Waals surface area contributed by atoms with Crippen LogP contribution in [0.5, 0.6) is 5.75 Å². The fourth-order valence-corrected chi connectivity index (χ4v) is 2.72. The van der Waals surface area contributed by atoms with Gasteiger partial charge >= 0.3 is 0 Å². The molecule has 1 aliphatic rings. The van der Waals surface area contributed by atoms with Gasteiger partial charge < -0.3 is 15.4 Å². The van der Waals surface area contributed by atoms with Gasteiger partial charge in [0.1, 0.15) is 5.75 Å². The van der Waals surface area contributed by atoms with Crippen molar-refractivity contribution in [1.29, 1.82) is 0 Å². The smallest absolute Gasteiger partial charge is 0.191 e. The van der Waals surface area contributed by atoms with Crippen molar-refractivity contribution in [3.8, 4) is 5.75 Å². The van der Waals surface area contributed by atoms with Crippen LogP contribution in [0.2, 0.25) is 0 Å². The van der Waals surface area contributed by atoms with Crippen molar-refractivity contribution < 1.29 is 4.74 Å². The van der Waals surface area contributed by atoms with Gasteiger partial charge in [-0.05, 0) is 57.2 Å². The van der Waals surface area contributed by atoms with Gasteiger partial charge in [0.2, 0.25) is 0 Å². The van der Waals surface area contributed by atoms with Crippen LogP contribution in [-0.2, 0) is 6.54 Å². The Kier molecular flexibility index (Phi) is 9.36. The van der Waals surface area contributed by atoms with E-state index in [1.165, 1.54) is 37.7 Å². The van der Waals surface area contributed by atoms with Crippen LogP contribution in [0.4, 0.5) is 0 Å². The maximum Gasteiger partial charge on any atom is 0.191 e. The first-order chi connectivity index (χ1) is 10.7. The minimum absolute atomic E-state index is 0. The number of aliphatic imine (C=N–C) groups is 1. The highest BCUT2D eigenvalue weighted by Crippen LogP contribution is 2.23. The van der Waals surface area contributed by atoms with Gasteiger partial charge in [-0.25, -0.2) is 0 Å². The van der Waals surface area contributed by atoms with Crippen molar-refractivity contribution in [1.82, 2.24) is 10.6 Å². The fraction of sp³-hybridized carbons (Fsp3) is 0.611. The summed E-state index contributed by atoms with van der Waals surface area (Å²) in [5.74, 6) is 1.82. The number of hydrogen-bond donors (Lipinski definition) is 2. The van der Waals surface area contributed by atoms with Crippen molar-refractivity contribution in [3.05, 3.63) is 29.8 Å². The van der Waals surface area contributed by atoms with E-state index < -0.39 is 0 Å². The summed E-state index contributed by atoms with van der Waals surface area (Å²) in [4.78, 5) is 4.21. The van der Waals surface area contributed by atoms with E-state index in [2.05, 4.69) is 53.7 Å². The molecule has 0 saturated heterocycles. The van der Waals surface area contributed by atoms with Crippen LogP contribution in [0, 0.1) is 0 Å². The van der Waals surface area contributed by atoms with Crippen LogP contribution in [0.25, 0.3) is 0 Å². The van der Waals surface area contributed by atoms with E-state index in [0.29, 0.717) is 12.1 Å². The maximum atomic E-state index is 6.05. The number of halogens is 1. The standard InChI is InChI=1S/C18H29N3O.HI/c1-14(2)21-18(19-3)20-13-15-9-11-17(12-10-15)22-16-7-5-4-6-8-16;/h9-12,14,16H,4-8,13H2,1-3H3,(H2,19,20,21);1H. The molecule has 0 spiro atoms. The molecule has 0 unspecified atom stereocenters. The van der Waals surface area contributed by atoms with Gasteiger partial charge in [-0.2, -0.15) is 0 Å². The summed E-state index contributed by atoms with van der Waals surface area (Å²) in [5, 5.41) is 6.60. The van der Waals surface area contributed by atoms with Crippen LogP contribution in [0.1, 0.15) is 51.5 Å². The molecular formula is C18H30IN3O. The molecule has 2 rings (SSSR count). The molecule has 4 nitrogen and oxygen atoms in total. The number of nitrogens with zero attached hydrogens (tertiary/aromatic N) is 1. The third-order valence-corrected chi connectivity index (χ3v) is 3.89. The topological polar surface area (TPSA) is 45.7 Å². The number of rotatable bonds is 5. The van der Waals surface area contributed by atoms with E-state index >= 15 is 0 Å². The summed E-state index contributed by atoms with van der Waals surface area (Å²) in [5.41, 5.74) is 1.22. The van der Waals surface area contributed by atoms with Crippen LogP contribution in [0.3, 0.4) is 0 Å².